The van der Waals surface area contributed by atoms with Crippen molar-refractivity contribution in [2.24, 2.45) is 5.10 Å². The lowest BCUT2D eigenvalue weighted by atomic mass is 10.2. The van der Waals surface area contributed by atoms with Crippen LogP contribution in [0.1, 0.15) is 21.7 Å². The largest absolute Gasteiger partial charge is 0.484 e. The maximum Gasteiger partial charge on any atom is 0.271 e. The first-order valence-corrected chi connectivity index (χ1v) is 9.11. The molecule has 0 radical (unpaired) electrons. The van der Waals surface area contributed by atoms with E-state index in [2.05, 4.69) is 15.8 Å². The maximum absolute atomic E-state index is 12.0. The molecule has 3 aromatic rings. The number of hydrogen-bond acceptors (Lipinski definition) is 7. The van der Waals surface area contributed by atoms with Crippen LogP contribution < -0.4 is 15.5 Å². The summed E-state index contributed by atoms with van der Waals surface area (Å²) in [6.45, 7) is 0.148. The van der Waals surface area contributed by atoms with E-state index in [1.807, 2.05) is 0 Å². The number of carbonyl (C=O) groups excluding carboxylic acids is 2. The van der Waals surface area contributed by atoms with Gasteiger partial charge in [0.05, 0.1) is 23.9 Å². The smallest absolute Gasteiger partial charge is 0.271 e. The van der Waals surface area contributed by atoms with Crippen LogP contribution in [0.5, 0.6) is 5.75 Å². The Balaban J connectivity index is 1.43. The fourth-order valence-electron chi connectivity index (χ4n) is 2.41. The third kappa shape index (κ3) is 6.53. The molecule has 3 rings (SSSR count). The summed E-state index contributed by atoms with van der Waals surface area (Å²) in [5, 5.41) is 17.2. The molecule has 0 fully saturated rings. The Bertz CT molecular complexity index is 1060. The van der Waals surface area contributed by atoms with E-state index < -0.39 is 10.8 Å². The molecule has 10 nitrogen and oxygen atoms in total. The first kappa shape index (κ1) is 21.2. The van der Waals surface area contributed by atoms with Crippen LogP contribution in [0.15, 0.2) is 76.4 Å². The van der Waals surface area contributed by atoms with Gasteiger partial charge in [0.15, 0.2) is 6.61 Å². The molecule has 0 saturated heterocycles. The fraction of sp³-hybridized carbons (Fsp3) is 0.0952. The molecule has 1 aromatic heterocycles. The first-order valence-electron chi connectivity index (χ1n) is 9.11. The van der Waals surface area contributed by atoms with Crippen molar-refractivity contribution in [2.45, 2.75) is 6.54 Å². The molecule has 0 aliphatic heterocycles. The normalized spacial score (nSPS) is 10.6. The molecule has 0 spiro atoms. The first-order chi connectivity index (χ1) is 15.0. The van der Waals surface area contributed by atoms with Gasteiger partial charge in [0, 0.05) is 17.7 Å². The number of nitro benzene ring substituents is 1. The summed E-state index contributed by atoms with van der Waals surface area (Å²) in [7, 11) is 0. The van der Waals surface area contributed by atoms with Gasteiger partial charge in [0.25, 0.3) is 17.5 Å². The molecule has 0 saturated carbocycles. The number of hydrogen-bond donors (Lipinski definition) is 2. The second-order valence-electron chi connectivity index (χ2n) is 6.22. The van der Waals surface area contributed by atoms with E-state index in [9.17, 15) is 19.7 Å². The summed E-state index contributed by atoms with van der Waals surface area (Å²) in [5.41, 5.74) is 3.19. The molecule has 2 N–H and O–H groups in total. The predicted octanol–water partition coefficient (Wildman–Crippen LogP) is 2.65. The molecule has 158 valence electrons. The van der Waals surface area contributed by atoms with E-state index in [0.717, 1.165) is 0 Å². The van der Waals surface area contributed by atoms with Crippen molar-refractivity contribution in [3.63, 3.8) is 0 Å². The summed E-state index contributed by atoms with van der Waals surface area (Å²) >= 11 is 0. The molecule has 0 aliphatic carbocycles. The third-order valence-corrected chi connectivity index (χ3v) is 4.01. The molecule has 1 heterocycles. The highest BCUT2D eigenvalue weighted by molar-refractivity contribution is 5.95. The second kappa shape index (κ2) is 10.3. The van der Waals surface area contributed by atoms with Crippen LogP contribution in [0.2, 0.25) is 0 Å². The SMILES string of the molecule is O=C(COc1ccc(/C=N\NC(=O)c2ccc([N+](=O)[O-])cc2)cc1)NCc1ccco1. The molecule has 10 heteroatoms. The molecule has 0 unspecified atom stereocenters. The highest BCUT2D eigenvalue weighted by Crippen LogP contribution is 2.12. The van der Waals surface area contributed by atoms with Crippen molar-refractivity contribution >= 4 is 23.7 Å². The summed E-state index contributed by atoms with van der Waals surface area (Å²) in [4.78, 5) is 33.9. The molecular formula is C21H18N4O6. The Morgan fingerprint density at radius 2 is 1.84 bits per heavy atom. The van der Waals surface area contributed by atoms with Crippen molar-refractivity contribution in [3.8, 4) is 5.75 Å². The van der Waals surface area contributed by atoms with Gasteiger partial charge in [-0.25, -0.2) is 5.43 Å². The van der Waals surface area contributed by atoms with Gasteiger partial charge in [-0.15, -0.1) is 0 Å². The monoisotopic (exact) mass is 422 g/mol. The Hall–Kier alpha value is -4.47. The van der Waals surface area contributed by atoms with Crippen LogP contribution in [0, 0.1) is 10.1 Å². The Morgan fingerprint density at radius 1 is 1.10 bits per heavy atom. The number of nitrogens with one attached hydrogen (secondary N) is 2. The van der Waals surface area contributed by atoms with E-state index in [-0.39, 0.29) is 30.3 Å². The summed E-state index contributed by atoms with van der Waals surface area (Å²) in [6, 6.07) is 15.4. The minimum atomic E-state index is -0.541. The zero-order valence-electron chi connectivity index (χ0n) is 16.2. The van der Waals surface area contributed by atoms with Crippen molar-refractivity contribution in [3.05, 3.63) is 93.9 Å². The summed E-state index contributed by atoms with van der Waals surface area (Å²) in [6.07, 6.45) is 2.97. The number of rotatable bonds is 9. The minimum absolute atomic E-state index is 0.0997. The number of ether oxygens (including phenoxy) is 1. The Morgan fingerprint density at radius 3 is 2.48 bits per heavy atom. The van der Waals surface area contributed by atoms with Crippen LogP contribution in [0.3, 0.4) is 0 Å². The van der Waals surface area contributed by atoms with E-state index >= 15 is 0 Å². The van der Waals surface area contributed by atoms with E-state index in [1.165, 1.54) is 36.7 Å². The lowest BCUT2D eigenvalue weighted by Gasteiger charge is -2.06. The molecule has 0 aliphatic rings. The highest BCUT2D eigenvalue weighted by Gasteiger charge is 2.08. The molecule has 2 amide bonds. The van der Waals surface area contributed by atoms with Gasteiger partial charge >= 0.3 is 0 Å². The minimum Gasteiger partial charge on any atom is -0.484 e. The summed E-state index contributed by atoms with van der Waals surface area (Å²) in [5.74, 6) is 0.375. The van der Waals surface area contributed by atoms with Crippen LogP contribution in [0.25, 0.3) is 0 Å². The number of amides is 2. The highest BCUT2D eigenvalue weighted by atomic mass is 16.6. The number of furan rings is 1. The van der Waals surface area contributed by atoms with Crippen LogP contribution in [0.4, 0.5) is 5.69 Å². The topological polar surface area (TPSA) is 136 Å². The zero-order valence-corrected chi connectivity index (χ0v) is 16.2. The zero-order chi connectivity index (χ0) is 22.1. The molecular weight excluding hydrogens is 404 g/mol. The van der Waals surface area contributed by atoms with Gasteiger partial charge in [-0.2, -0.15) is 5.10 Å². The van der Waals surface area contributed by atoms with Crippen molar-refractivity contribution in [1.82, 2.24) is 10.7 Å². The van der Waals surface area contributed by atoms with E-state index in [1.54, 1.807) is 36.4 Å². The van der Waals surface area contributed by atoms with Crippen LogP contribution >= 0.6 is 0 Å². The van der Waals surface area contributed by atoms with Crippen molar-refractivity contribution in [2.75, 3.05) is 6.61 Å². The summed E-state index contributed by atoms with van der Waals surface area (Å²) < 4.78 is 10.5. The van der Waals surface area contributed by atoms with E-state index in [0.29, 0.717) is 17.1 Å². The quantitative estimate of drug-likeness (QED) is 0.309. The predicted molar refractivity (Wildman–Crippen MR) is 111 cm³/mol. The van der Waals surface area contributed by atoms with Gasteiger partial charge in [-0.05, 0) is 54.1 Å². The number of non-ortho nitro benzene ring substituents is 1. The number of carbonyl (C=O) groups is 2. The number of nitro groups is 1. The number of hydrazone groups is 1. The Kier molecular flexibility index (Phi) is 7.09. The lowest BCUT2D eigenvalue weighted by Crippen LogP contribution is -2.28. The van der Waals surface area contributed by atoms with Gasteiger partial charge in [0.1, 0.15) is 11.5 Å². The van der Waals surface area contributed by atoms with Gasteiger partial charge in [-0.1, -0.05) is 0 Å². The van der Waals surface area contributed by atoms with Gasteiger partial charge in [-0.3, -0.25) is 19.7 Å². The molecule has 2 aromatic carbocycles. The fourth-order valence-corrected chi connectivity index (χ4v) is 2.41. The lowest BCUT2D eigenvalue weighted by molar-refractivity contribution is -0.384. The maximum atomic E-state index is 12.0. The average Bonchev–Trinajstić information content (AvgIpc) is 3.31. The second-order valence-corrected chi connectivity index (χ2v) is 6.22. The van der Waals surface area contributed by atoms with Crippen molar-refractivity contribution < 1.29 is 23.7 Å². The number of nitrogens with zero attached hydrogens (tertiary/aromatic N) is 2. The van der Waals surface area contributed by atoms with Crippen molar-refractivity contribution in [1.29, 1.82) is 0 Å². The molecule has 31 heavy (non-hydrogen) atoms. The standard InChI is InChI=1S/C21H18N4O6/c26-20(22-13-19-2-1-11-30-19)14-31-18-9-3-15(4-10-18)12-23-24-21(27)16-5-7-17(8-6-16)25(28)29/h1-12H,13-14H2,(H,22,26)(H,24,27)/b23-12-. The number of benzene rings is 2. The van der Waals surface area contributed by atoms with Crippen LogP contribution in [-0.2, 0) is 11.3 Å². The van der Waals surface area contributed by atoms with Gasteiger partial charge < -0.3 is 14.5 Å². The van der Waals surface area contributed by atoms with Gasteiger partial charge in [0.2, 0.25) is 0 Å². The Labute approximate surface area is 176 Å². The van der Waals surface area contributed by atoms with Crippen LogP contribution in [-0.4, -0.2) is 29.6 Å². The third-order valence-electron chi connectivity index (χ3n) is 4.01. The molecule has 0 atom stereocenters. The van der Waals surface area contributed by atoms with E-state index in [4.69, 9.17) is 9.15 Å². The molecule has 0 bridgehead atoms. The average molecular weight is 422 g/mol.